The van der Waals surface area contributed by atoms with Gasteiger partial charge in [0.1, 0.15) is 12.1 Å². The summed E-state index contributed by atoms with van der Waals surface area (Å²) >= 11 is 0. The minimum Gasteiger partial charge on any atom is -0.340 e. The highest BCUT2D eigenvalue weighted by Gasteiger charge is 2.30. The Balaban J connectivity index is 1.55. The van der Waals surface area contributed by atoms with Gasteiger partial charge in [0.15, 0.2) is 0 Å². The van der Waals surface area contributed by atoms with E-state index in [1.54, 1.807) is 48.8 Å². The van der Waals surface area contributed by atoms with E-state index in [9.17, 15) is 18.0 Å². The summed E-state index contributed by atoms with van der Waals surface area (Å²) in [4.78, 5) is 25.1. The van der Waals surface area contributed by atoms with Crippen LogP contribution in [0.1, 0.15) is 15.9 Å². The summed E-state index contributed by atoms with van der Waals surface area (Å²) in [7, 11) is 0. The molecule has 2 aromatic heterocycles. The number of carbonyl (C=O) groups excluding carboxylic acids is 1. The standard InChI is InChI=1S/C23H16F3N5O/c24-23(25,26)16-5-2-7-18(13-16)31-22(32)15-4-1-6-17(12-15)30-21-19(8-3-10-28-21)20-9-11-27-14-29-20/h1-14H,(H,28,30)(H,31,32). The quantitative estimate of drug-likeness (QED) is 0.429. The molecule has 0 radical (unpaired) electrons. The van der Waals surface area contributed by atoms with Crippen LogP contribution in [0.4, 0.5) is 30.4 Å². The molecule has 0 saturated carbocycles. The fourth-order valence-electron chi connectivity index (χ4n) is 3.01. The minimum atomic E-state index is -4.49. The summed E-state index contributed by atoms with van der Waals surface area (Å²) in [6.07, 6.45) is 0.189. The summed E-state index contributed by atoms with van der Waals surface area (Å²) in [5.41, 5.74) is 1.49. The molecule has 0 aliphatic carbocycles. The fourth-order valence-corrected chi connectivity index (χ4v) is 3.01. The van der Waals surface area contributed by atoms with E-state index in [1.807, 2.05) is 6.07 Å². The fraction of sp³-hybridized carbons (Fsp3) is 0.0435. The zero-order valence-corrected chi connectivity index (χ0v) is 16.5. The molecule has 1 amide bonds. The van der Waals surface area contributed by atoms with Gasteiger partial charge in [-0.15, -0.1) is 0 Å². The van der Waals surface area contributed by atoms with Gasteiger partial charge in [0.25, 0.3) is 5.91 Å². The van der Waals surface area contributed by atoms with E-state index in [-0.39, 0.29) is 11.3 Å². The number of hydrogen-bond donors (Lipinski definition) is 2. The normalized spacial score (nSPS) is 11.1. The number of hydrogen-bond acceptors (Lipinski definition) is 5. The largest absolute Gasteiger partial charge is 0.416 e. The molecule has 0 saturated heterocycles. The van der Waals surface area contributed by atoms with Crippen molar-refractivity contribution in [2.24, 2.45) is 0 Å². The molecule has 4 rings (SSSR count). The van der Waals surface area contributed by atoms with Crippen molar-refractivity contribution in [2.45, 2.75) is 6.18 Å². The van der Waals surface area contributed by atoms with Gasteiger partial charge in [0, 0.05) is 34.9 Å². The van der Waals surface area contributed by atoms with Crippen molar-refractivity contribution < 1.29 is 18.0 Å². The smallest absolute Gasteiger partial charge is 0.340 e. The van der Waals surface area contributed by atoms with Gasteiger partial charge >= 0.3 is 6.18 Å². The van der Waals surface area contributed by atoms with Crippen molar-refractivity contribution in [1.29, 1.82) is 0 Å². The molecule has 2 aromatic carbocycles. The first-order valence-corrected chi connectivity index (χ1v) is 9.47. The first-order chi connectivity index (χ1) is 15.4. The van der Waals surface area contributed by atoms with Crippen molar-refractivity contribution in [3.8, 4) is 11.3 Å². The minimum absolute atomic E-state index is 0.0546. The first-order valence-electron chi connectivity index (χ1n) is 9.47. The van der Waals surface area contributed by atoms with E-state index in [2.05, 4.69) is 25.6 Å². The van der Waals surface area contributed by atoms with Gasteiger partial charge in [-0.05, 0) is 54.6 Å². The average Bonchev–Trinajstić information content (AvgIpc) is 2.80. The second-order valence-corrected chi connectivity index (χ2v) is 6.73. The SMILES string of the molecule is O=C(Nc1cccc(C(F)(F)F)c1)c1cccc(Nc2ncccc2-c2ccncn2)c1. The van der Waals surface area contributed by atoms with Crippen LogP contribution in [0.3, 0.4) is 0 Å². The molecule has 0 aliphatic heterocycles. The zero-order chi connectivity index (χ0) is 22.6. The Kier molecular flexibility index (Phi) is 5.80. The Bertz CT molecular complexity index is 1250. The van der Waals surface area contributed by atoms with E-state index in [0.29, 0.717) is 17.2 Å². The van der Waals surface area contributed by atoms with Gasteiger partial charge < -0.3 is 10.6 Å². The van der Waals surface area contributed by atoms with Gasteiger partial charge in [-0.3, -0.25) is 4.79 Å². The third kappa shape index (κ3) is 4.89. The van der Waals surface area contributed by atoms with Gasteiger partial charge in [0.05, 0.1) is 11.3 Å². The van der Waals surface area contributed by atoms with Crippen LogP contribution in [-0.2, 0) is 6.18 Å². The summed E-state index contributed by atoms with van der Waals surface area (Å²) in [6, 6.07) is 16.4. The molecular weight excluding hydrogens is 419 g/mol. The van der Waals surface area contributed by atoms with E-state index in [4.69, 9.17) is 0 Å². The maximum atomic E-state index is 12.9. The van der Waals surface area contributed by atoms with Crippen LogP contribution in [0, 0.1) is 0 Å². The van der Waals surface area contributed by atoms with E-state index < -0.39 is 17.6 Å². The van der Waals surface area contributed by atoms with Crippen LogP contribution in [0.15, 0.2) is 85.5 Å². The van der Waals surface area contributed by atoms with Crippen LogP contribution in [0.5, 0.6) is 0 Å². The summed E-state index contributed by atoms with van der Waals surface area (Å²) in [6.45, 7) is 0. The summed E-state index contributed by atoms with van der Waals surface area (Å²) in [5.74, 6) is -0.00773. The number of halogens is 3. The van der Waals surface area contributed by atoms with Gasteiger partial charge in [-0.2, -0.15) is 13.2 Å². The lowest BCUT2D eigenvalue weighted by Gasteiger charge is -2.12. The molecule has 0 unspecified atom stereocenters. The number of anilines is 3. The molecule has 0 atom stereocenters. The molecule has 6 nitrogen and oxygen atoms in total. The Morgan fingerprint density at radius 2 is 1.66 bits per heavy atom. The lowest BCUT2D eigenvalue weighted by Crippen LogP contribution is -2.13. The monoisotopic (exact) mass is 435 g/mol. The molecule has 2 N–H and O–H groups in total. The lowest BCUT2D eigenvalue weighted by atomic mass is 10.1. The third-order valence-electron chi connectivity index (χ3n) is 4.50. The molecule has 0 fully saturated rings. The number of amides is 1. The Morgan fingerprint density at radius 3 is 2.44 bits per heavy atom. The Labute approximate surface area is 181 Å². The van der Waals surface area contributed by atoms with E-state index in [0.717, 1.165) is 17.7 Å². The highest BCUT2D eigenvalue weighted by atomic mass is 19.4. The molecular formula is C23H16F3N5O. The van der Waals surface area contributed by atoms with Crippen molar-refractivity contribution >= 4 is 23.1 Å². The van der Waals surface area contributed by atoms with Crippen LogP contribution in [0.2, 0.25) is 0 Å². The highest BCUT2D eigenvalue weighted by Crippen LogP contribution is 2.31. The second-order valence-electron chi connectivity index (χ2n) is 6.73. The van der Waals surface area contributed by atoms with E-state index in [1.165, 1.54) is 18.5 Å². The Hall–Kier alpha value is -4.27. The predicted molar refractivity (Wildman–Crippen MR) is 114 cm³/mol. The Morgan fingerprint density at radius 1 is 0.844 bits per heavy atom. The van der Waals surface area contributed by atoms with Crippen molar-refractivity contribution in [3.05, 3.63) is 96.6 Å². The van der Waals surface area contributed by atoms with Crippen LogP contribution in [-0.4, -0.2) is 20.9 Å². The third-order valence-corrected chi connectivity index (χ3v) is 4.50. The molecule has 160 valence electrons. The molecule has 0 aliphatic rings. The summed E-state index contributed by atoms with van der Waals surface area (Å²) in [5, 5.41) is 5.66. The number of aromatic nitrogens is 3. The van der Waals surface area contributed by atoms with Crippen LogP contribution in [0.25, 0.3) is 11.3 Å². The highest BCUT2D eigenvalue weighted by molar-refractivity contribution is 6.05. The van der Waals surface area contributed by atoms with Crippen LogP contribution < -0.4 is 10.6 Å². The molecule has 0 spiro atoms. The van der Waals surface area contributed by atoms with E-state index >= 15 is 0 Å². The zero-order valence-electron chi connectivity index (χ0n) is 16.5. The lowest BCUT2D eigenvalue weighted by molar-refractivity contribution is -0.137. The van der Waals surface area contributed by atoms with Crippen molar-refractivity contribution in [2.75, 3.05) is 10.6 Å². The number of alkyl halides is 3. The number of benzene rings is 2. The van der Waals surface area contributed by atoms with Crippen molar-refractivity contribution in [1.82, 2.24) is 15.0 Å². The number of nitrogens with zero attached hydrogens (tertiary/aromatic N) is 3. The van der Waals surface area contributed by atoms with Gasteiger partial charge in [-0.1, -0.05) is 12.1 Å². The maximum absolute atomic E-state index is 12.9. The van der Waals surface area contributed by atoms with Gasteiger partial charge in [0.2, 0.25) is 0 Å². The number of rotatable bonds is 5. The number of carbonyl (C=O) groups is 1. The molecule has 0 bridgehead atoms. The first kappa shape index (κ1) is 21.0. The molecule has 9 heteroatoms. The van der Waals surface area contributed by atoms with Crippen molar-refractivity contribution in [3.63, 3.8) is 0 Å². The summed E-state index contributed by atoms with van der Waals surface area (Å²) < 4.78 is 38.7. The molecule has 4 aromatic rings. The number of pyridine rings is 1. The maximum Gasteiger partial charge on any atom is 0.416 e. The average molecular weight is 435 g/mol. The molecule has 2 heterocycles. The van der Waals surface area contributed by atoms with Crippen LogP contribution >= 0.6 is 0 Å². The van der Waals surface area contributed by atoms with Gasteiger partial charge in [-0.25, -0.2) is 15.0 Å². The number of nitrogens with one attached hydrogen (secondary N) is 2. The molecule has 32 heavy (non-hydrogen) atoms. The topological polar surface area (TPSA) is 79.8 Å². The second kappa shape index (κ2) is 8.84. The predicted octanol–water partition coefficient (Wildman–Crippen LogP) is 5.55.